The summed E-state index contributed by atoms with van der Waals surface area (Å²) in [5, 5.41) is 6.59. The predicted molar refractivity (Wildman–Crippen MR) is 113 cm³/mol. The first-order valence-corrected chi connectivity index (χ1v) is 9.88. The Kier molecular flexibility index (Phi) is 8.32. The van der Waals surface area contributed by atoms with Crippen molar-refractivity contribution in [3.8, 4) is 11.5 Å². The van der Waals surface area contributed by atoms with Crippen molar-refractivity contribution >= 4 is 23.3 Å². The molecule has 0 aliphatic carbocycles. The maximum Gasteiger partial charge on any atom is 0.338 e. The minimum absolute atomic E-state index is 0.140. The molecule has 0 unspecified atom stereocenters. The van der Waals surface area contributed by atoms with E-state index in [1.54, 1.807) is 6.92 Å². The average Bonchev–Trinajstić information content (AvgIpc) is 2.67. The number of carbonyl (C=O) groups is 1. The summed E-state index contributed by atoms with van der Waals surface area (Å²) in [6.45, 7) is 10.7. The van der Waals surface area contributed by atoms with Crippen LogP contribution in [0, 0.1) is 0 Å². The third-order valence-electron chi connectivity index (χ3n) is 4.18. The highest BCUT2D eigenvalue weighted by Crippen LogP contribution is 2.35. The lowest BCUT2D eigenvalue weighted by atomic mass is 9.95. The third kappa shape index (κ3) is 5.48. The second-order valence-corrected chi connectivity index (χ2v) is 6.71. The zero-order valence-corrected chi connectivity index (χ0v) is 17.5. The predicted octanol–water partition coefficient (Wildman–Crippen LogP) is 3.79. The van der Waals surface area contributed by atoms with Crippen molar-refractivity contribution in [2.75, 3.05) is 19.8 Å². The van der Waals surface area contributed by atoms with Gasteiger partial charge in [0.1, 0.15) is 6.61 Å². The molecular formula is C21H28N2O4S. The molecule has 6 nitrogen and oxygen atoms in total. The van der Waals surface area contributed by atoms with E-state index in [0.717, 1.165) is 18.4 Å². The van der Waals surface area contributed by atoms with Gasteiger partial charge in [-0.2, -0.15) is 0 Å². The molecule has 0 fully saturated rings. The van der Waals surface area contributed by atoms with E-state index in [1.807, 2.05) is 25.1 Å². The van der Waals surface area contributed by atoms with Crippen LogP contribution in [0.1, 0.15) is 45.2 Å². The van der Waals surface area contributed by atoms with E-state index in [2.05, 4.69) is 24.1 Å². The molecule has 7 heteroatoms. The van der Waals surface area contributed by atoms with Crippen LogP contribution in [0.4, 0.5) is 0 Å². The molecule has 152 valence electrons. The second-order valence-electron chi connectivity index (χ2n) is 6.30. The molecule has 0 radical (unpaired) electrons. The lowest BCUT2D eigenvalue weighted by molar-refractivity contribution is -0.138. The lowest BCUT2D eigenvalue weighted by Crippen LogP contribution is -2.45. The van der Waals surface area contributed by atoms with Gasteiger partial charge < -0.3 is 24.8 Å². The smallest absolute Gasteiger partial charge is 0.338 e. The van der Waals surface area contributed by atoms with Crippen LogP contribution in [0.5, 0.6) is 11.5 Å². The van der Waals surface area contributed by atoms with Gasteiger partial charge in [0, 0.05) is 5.70 Å². The summed E-state index contributed by atoms with van der Waals surface area (Å²) in [7, 11) is 0. The van der Waals surface area contributed by atoms with Crippen molar-refractivity contribution in [2.24, 2.45) is 0 Å². The number of thiocarbonyl (C=S) groups is 1. The highest BCUT2D eigenvalue weighted by molar-refractivity contribution is 7.80. The van der Waals surface area contributed by atoms with Gasteiger partial charge in [-0.25, -0.2) is 4.79 Å². The van der Waals surface area contributed by atoms with Crippen molar-refractivity contribution in [2.45, 2.75) is 39.7 Å². The molecule has 1 aliphatic heterocycles. The molecule has 0 saturated carbocycles. The highest BCUT2D eigenvalue weighted by atomic mass is 32.1. The van der Waals surface area contributed by atoms with Gasteiger partial charge in [0.25, 0.3) is 0 Å². The third-order valence-corrected chi connectivity index (χ3v) is 4.40. The van der Waals surface area contributed by atoms with Crippen molar-refractivity contribution in [3.63, 3.8) is 0 Å². The number of unbranched alkanes of at least 4 members (excludes halogenated alkanes) is 1. The SMILES string of the molecule is C=CCOC(=O)C1=C(C)NC(=S)N[C@H]1c1ccc(OCCCC)c(OCC)c1. The topological polar surface area (TPSA) is 68.8 Å². The number of esters is 1. The Morgan fingerprint density at radius 2 is 2.07 bits per heavy atom. The van der Waals surface area contributed by atoms with E-state index < -0.39 is 12.0 Å². The molecule has 1 aromatic carbocycles. The Labute approximate surface area is 171 Å². The summed E-state index contributed by atoms with van der Waals surface area (Å²) in [4.78, 5) is 12.6. The standard InChI is InChI=1S/C21H28N2O4S/c1-5-8-12-26-16-10-9-15(13-17(16)25-7-3)19-18(20(24)27-11-6-2)14(4)22-21(28)23-19/h6,9-10,13,19H,2,5,7-8,11-12H2,1,3-4H3,(H2,22,23,28)/t19-/m0/s1. The Bertz CT molecular complexity index is 761. The number of benzene rings is 1. The number of nitrogens with one attached hydrogen (secondary N) is 2. The molecule has 2 N–H and O–H groups in total. The van der Waals surface area contributed by atoms with E-state index in [1.165, 1.54) is 6.08 Å². The number of ether oxygens (including phenoxy) is 3. The maximum absolute atomic E-state index is 12.6. The fourth-order valence-electron chi connectivity index (χ4n) is 2.85. The van der Waals surface area contributed by atoms with Crippen LogP contribution in [0.2, 0.25) is 0 Å². The molecule has 1 heterocycles. The summed E-state index contributed by atoms with van der Waals surface area (Å²) >= 11 is 5.29. The number of rotatable bonds is 10. The second kappa shape index (κ2) is 10.7. The fourth-order valence-corrected chi connectivity index (χ4v) is 3.12. The summed E-state index contributed by atoms with van der Waals surface area (Å²) in [5.74, 6) is 0.900. The Morgan fingerprint density at radius 1 is 1.29 bits per heavy atom. The molecule has 1 aliphatic rings. The normalized spacial score (nSPS) is 16.1. The minimum Gasteiger partial charge on any atom is -0.490 e. The van der Waals surface area contributed by atoms with Crippen molar-refractivity contribution in [3.05, 3.63) is 47.7 Å². The van der Waals surface area contributed by atoms with Crippen LogP contribution in [-0.2, 0) is 9.53 Å². The first-order chi connectivity index (χ1) is 13.5. The Hall–Kier alpha value is -2.54. The van der Waals surface area contributed by atoms with Crippen molar-refractivity contribution in [1.82, 2.24) is 10.6 Å². The van der Waals surface area contributed by atoms with Gasteiger partial charge in [0.2, 0.25) is 0 Å². The van der Waals surface area contributed by atoms with E-state index in [0.29, 0.717) is 41.1 Å². The zero-order chi connectivity index (χ0) is 20.5. The molecule has 1 aromatic rings. The minimum atomic E-state index is -0.449. The van der Waals surface area contributed by atoms with E-state index in [-0.39, 0.29) is 6.61 Å². The largest absolute Gasteiger partial charge is 0.490 e. The van der Waals surface area contributed by atoms with Crippen molar-refractivity contribution in [1.29, 1.82) is 0 Å². The van der Waals surface area contributed by atoms with Gasteiger partial charge in [0.05, 0.1) is 24.8 Å². The van der Waals surface area contributed by atoms with Crippen LogP contribution in [0.3, 0.4) is 0 Å². The van der Waals surface area contributed by atoms with Crippen LogP contribution in [0.15, 0.2) is 42.1 Å². The lowest BCUT2D eigenvalue weighted by Gasteiger charge is -2.30. The van der Waals surface area contributed by atoms with Crippen molar-refractivity contribution < 1.29 is 19.0 Å². The highest BCUT2D eigenvalue weighted by Gasteiger charge is 2.31. The molecule has 2 rings (SSSR count). The Balaban J connectivity index is 2.37. The first-order valence-electron chi connectivity index (χ1n) is 9.47. The van der Waals surface area contributed by atoms with Crippen LogP contribution >= 0.6 is 12.2 Å². The number of carbonyl (C=O) groups excluding carboxylic acids is 1. The van der Waals surface area contributed by atoms with Gasteiger partial charge >= 0.3 is 5.97 Å². The summed E-state index contributed by atoms with van der Waals surface area (Å²) in [6, 6.07) is 5.20. The molecular weight excluding hydrogens is 376 g/mol. The van der Waals surface area contributed by atoms with Gasteiger partial charge in [-0.3, -0.25) is 0 Å². The zero-order valence-electron chi connectivity index (χ0n) is 16.7. The van der Waals surface area contributed by atoms with Crippen LogP contribution in [-0.4, -0.2) is 30.9 Å². The molecule has 0 bridgehead atoms. The molecule has 0 aromatic heterocycles. The summed E-state index contributed by atoms with van der Waals surface area (Å²) in [5.41, 5.74) is 1.96. The monoisotopic (exact) mass is 404 g/mol. The van der Waals surface area contributed by atoms with Gasteiger partial charge in [-0.15, -0.1) is 0 Å². The fraction of sp³-hybridized carbons (Fsp3) is 0.429. The summed E-state index contributed by atoms with van der Waals surface area (Å²) in [6.07, 6.45) is 3.56. The molecule has 0 amide bonds. The van der Waals surface area contributed by atoms with Gasteiger partial charge in [-0.05, 0) is 50.2 Å². The average molecular weight is 405 g/mol. The first kappa shape index (κ1) is 21.8. The van der Waals surface area contributed by atoms with E-state index in [4.69, 9.17) is 26.4 Å². The molecule has 1 atom stereocenters. The summed E-state index contributed by atoms with van der Waals surface area (Å²) < 4.78 is 16.9. The van der Waals surface area contributed by atoms with Gasteiger partial charge in [-0.1, -0.05) is 32.1 Å². The molecule has 28 heavy (non-hydrogen) atoms. The van der Waals surface area contributed by atoms with Crippen LogP contribution in [0.25, 0.3) is 0 Å². The van der Waals surface area contributed by atoms with E-state index >= 15 is 0 Å². The van der Waals surface area contributed by atoms with Crippen LogP contribution < -0.4 is 20.1 Å². The maximum atomic E-state index is 12.6. The van der Waals surface area contributed by atoms with E-state index in [9.17, 15) is 4.79 Å². The molecule has 0 spiro atoms. The van der Waals surface area contributed by atoms with Gasteiger partial charge in [0.15, 0.2) is 16.6 Å². The quantitative estimate of drug-likeness (QED) is 0.266. The number of hydrogen-bond donors (Lipinski definition) is 2. The molecule has 0 saturated heterocycles. The number of hydrogen-bond acceptors (Lipinski definition) is 5. The Morgan fingerprint density at radius 3 is 2.75 bits per heavy atom. The number of allylic oxidation sites excluding steroid dienone is 1.